The molecule has 0 N–H and O–H groups in total. The molecule has 1 heterocycles. The van der Waals surface area contributed by atoms with Crippen molar-refractivity contribution in [2.24, 2.45) is 0 Å². The second-order valence-electron chi connectivity index (χ2n) is 6.62. The highest BCUT2D eigenvalue weighted by Gasteiger charge is 2.22. The van der Waals surface area contributed by atoms with Gasteiger partial charge in [0, 0.05) is 21.7 Å². The molecule has 0 aliphatic heterocycles. The van der Waals surface area contributed by atoms with Crippen LogP contribution in [0.2, 0.25) is 0 Å². The number of benzene rings is 3. The molecule has 0 amide bonds. The van der Waals surface area contributed by atoms with E-state index >= 15 is 0 Å². The molecule has 3 aromatic carbocycles. The van der Waals surface area contributed by atoms with E-state index in [0.717, 1.165) is 5.56 Å². The van der Waals surface area contributed by atoms with Crippen LogP contribution >= 0.6 is 11.3 Å². The highest BCUT2D eigenvalue weighted by molar-refractivity contribution is 7.21. The molecule has 0 unspecified atom stereocenters. The van der Waals surface area contributed by atoms with Gasteiger partial charge >= 0.3 is 5.97 Å². The number of rotatable bonds is 6. The Kier molecular flexibility index (Phi) is 5.91. The Balaban J connectivity index is 1.70. The quantitative estimate of drug-likeness (QED) is 0.205. The smallest absolute Gasteiger partial charge is 0.330 e. The van der Waals surface area contributed by atoms with E-state index in [0.29, 0.717) is 32.0 Å². The number of methoxy groups -OCH3 is 1. The topological polar surface area (TPSA) is 52.6 Å². The van der Waals surface area contributed by atoms with Gasteiger partial charge in [0.2, 0.25) is 5.78 Å². The number of hydrogen-bond acceptors (Lipinski definition) is 5. The zero-order valence-corrected chi connectivity index (χ0v) is 17.3. The van der Waals surface area contributed by atoms with Gasteiger partial charge in [-0.15, -0.1) is 11.3 Å². The third kappa shape index (κ3) is 4.54. The van der Waals surface area contributed by atoms with Crippen molar-refractivity contribution < 1.29 is 23.5 Å². The van der Waals surface area contributed by atoms with Gasteiger partial charge in [-0.1, -0.05) is 42.5 Å². The fraction of sp³-hybridized carbons (Fsp3) is 0.0400. The van der Waals surface area contributed by atoms with Crippen LogP contribution < -0.4 is 4.74 Å². The van der Waals surface area contributed by atoms with Gasteiger partial charge in [0.05, 0.1) is 7.11 Å². The van der Waals surface area contributed by atoms with Crippen LogP contribution in [0.3, 0.4) is 0 Å². The summed E-state index contributed by atoms with van der Waals surface area (Å²) < 4.78 is 25.1. The Morgan fingerprint density at radius 3 is 2.42 bits per heavy atom. The molecular formula is C25H17FO4S. The summed E-state index contributed by atoms with van der Waals surface area (Å²) in [4.78, 5) is 24.8. The van der Waals surface area contributed by atoms with Gasteiger partial charge in [0.25, 0.3) is 0 Å². The molecule has 0 bridgehead atoms. The first kappa shape index (κ1) is 20.5. The van der Waals surface area contributed by atoms with Crippen LogP contribution in [0.4, 0.5) is 4.39 Å². The van der Waals surface area contributed by atoms with Gasteiger partial charge in [0.15, 0.2) is 5.75 Å². The average molecular weight is 432 g/mol. The lowest BCUT2D eigenvalue weighted by atomic mass is 10.1. The monoisotopic (exact) mass is 432 g/mol. The Hall–Kier alpha value is -3.77. The third-order valence-corrected chi connectivity index (χ3v) is 5.69. The van der Waals surface area contributed by atoms with E-state index in [4.69, 9.17) is 4.74 Å². The molecule has 4 rings (SSSR count). The standard InChI is InChI=1S/C25H17FO4S/c1-29-22(27)14-9-16-7-11-19(12-8-16)30-24-20-13-10-18(26)15-21(20)31-25(24)23(28)17-5-3-2-4-6-17/h2-15H,1H3/b14-9+. The molecule has 6 heteroatoms. The van der Waals surface area contributed by atoms with Crippen molar-refractivity contribution in [3.05, 3.63) is 101 Å². The van der Waals surface area contributed by atoms with Gasteiger partial charge in [-0.3, -0.25) is 4.79 Å². The van der Waals surface area contributed by atoms with Crippen molar-refractivity contribution >= 4 is 39.3 Å². The number of carbonyl (C=O) groups is 2. The van der Waals surface area contributed by atoms with Crippen LogP contribution in [-0.4, -0.2) is 18.9 Å². The van der Waals surface area contributed by atoms with E-state index in [-0.39, 0.29) is 11.6 Å². The summed E-state index contributed by atoms with van der Waals surface area (Å²) in [6, 6.07) is 20.3. The Morgan fingerprint density at radius 1 is 0.968 bits per heavy atom. The van der Waals surface area contributed by atoms with E-state index in [1.165, 1.54) is 36.7 Å². The molecule has 154 valence electrons. The molecule has 4 aromatic rings. The summed E-state index contributed by atoms with van der Waals surface area (Å²) >= 11 is 1.20. The number of ketones is 1. The minimum atomic E-state index is -0.443. The number of carbonyl (C=O) groups excluding carboxylic acids is 2. The fourth-order valence-electron chi connectivity index (χ4n) is 3.02. The predicted octanol–water partition coefficient (Wildman–Crippen LogP) is 6.25. The first-order valence-electron chi connectivity index (χ1n) is 9.41. The molecule has 0 saturated carbocycles. The van der Waals surface area contributed by atoms with Crippen molar-refractivity contribution in [3.63, 3.8) is 0 Å². The molecule has 0 spiro atoms. The van der Waals surface area contributed by atoms with Gasteiger partial charge in [0.1, 0.15) is 16.4 Å². The van der Waals surface area contributed by atoms with E-state index < -0.39 is 5.97 Å². The Labute approximate surface area is 182 Å². The second-order valence-corrected chi connectivity index (χ2v) is 7.68. The summed E-state index contributed by atoms with van der Waals surface area (Å²) in [7, 11) is 1.31. The Bertz CT molecular complexity index is 1270. The summed E-state index contributed by atoms with van der Waals surface area (Å²) in [5.41, 5.74) is 1.32. The lowest BCUT2D eigenvalue weighted by molar-refractivity contribution is -0.134. The molecule has 0 fully saturated rings. The van der Waals surface area contributed by atoms with E-state index in [1.54, 1.807) is 60.7 Å². The van der Waals surface area contributed by atoms with E-state index in [2.05, 4.69) is 4.74 Å². The van der Waals surface area contributed by atoms with Crippen molar-refractivity contribution in [1.82, 2.24) is 0 Å². The number of thiophene rings is 1. The zero-order chi connectivity index (χ0) is 21.8. The van der Waals surface area contributed by atoms with Crippen LogP contribution in [0.5, 0.6) is 11.5 Å². The highest BCUT2D eigenvalue weighted by atomic mass is 32.1. The number of ether oxygens (including phenoxy) is 2. The number of hydrogen-bond donors (Lipinski definition) is 0. The van der Waals surface area contributed by atoms with Gasteiger partial charge < -0.3 is 9.47 Å². The second kappa shape index (κ2) is 8.93. The summed E-state index contributed by atoms with van der Waals surface area (Å²) in [6.45, 7) is 0. The van der Waals surface area contributed by atoms with Crippen LogP contribution in [0.15, 0.2) is 78.9 Å². The van der Waals surface area contributed by atoms with Crippen LogP contribution in [-0.2, 0) is 9.53 Å². The van der Waals surface area contributed by atoms with Gasteiger partial charge in [-0.05, 0) is 42.0 Å². The lowest BCUT2D eigenvalue weighted by Gasteiger charge is -2.08. The molecule has 31 heavy (non-hydrogen) atoms. The maximum atomic E-state index is 13.8. The largest absolute Gasteiger partial charge is 0.466 e. The van der Waals surface area contributed by atoms with Crippen molar-refractivity contribution in [3.8, 4) is 11.5 Å². The molecule has 0 aliphatic rings. The minimum Gasteiger partial charge on any atom is -0.466 e. The first-order valence-corrected chi connectivity index (χ1v) is 10.2. The van der Waals surface area contributed by atoms with Gasteiger partial charge in [-0.25, -0.2) is 9.18 Å². The molecule has 4 nitrogen and oxygen atoms in total. The molecule has 0 atom stereocenters. The normalized spacial score (nSPS) is 11.0. The molecule has 0 radical (unpaired) electrons. The minimum absolute atomic E-state index is 0.185. The average Bonchev–Trinajstić information content (AvgIpc) is 3.15. The lowest BCUT2D eigenvalue weighted by Crippen LogP contribution is -2.00. The SMILES string of the molecule is COC(=O)/C=C/c1ccc(Oc2c(C(=O)c3ccccc3)sc3cc(F)ccc23)cc1. The van der Waals surface area contributed by atoms with Crippen molar-refractivity contribution in [1.29, 1.82) is 0 Å². The number of fused-ring (bicyclic) bond motifs is 1. The van der Waals surface area contributed by atoms with Crippen LogP contribution in [0.25, 0.3) is 16.2 Å². The maximum Gasteiger partial charge on any atom is 0.330 e. The van der Waals surface area contributed by atoms with Crippen molar-refractivity contribution in [2.75, 3.05) is 7.11 Å². The Morgan fingerprint density at radius 2 is 1.71 bits per heavy atom. The predicted molar refractivity (Wildman–Crippen MR) is 119 cm³/mol. The molecular weight excluding hydrogens is 415 g/mol. The van der Waals surface area contributed by atoms with Crippen molar-refractivity contribution in [2.45, 2.75) is 0 Å². The van der Waals surface area contributed by atoms with E-state index in [9.17, 15) is 14.0 Å². The third-order valence-electron chi connectivity index (χ3n) is 4.56. The van der Waals surface area contributed by atoms with E-state index in [1.807, 2.05) is 6.07 Å². The highest BCUT2D eigenvalue weighted by Crippen LogP contribution is 2.41. The number of esters is 1. The summed E-state index contributed by atoms with van der Waals surface area (Å²) in [6.07, 6.45) is 2.95. The molecule has 1 aromatic heterocycles. The van der Waals surface area contributed by atoms with Gasteiger partial charge in [-0.2, -0.15) is 0 Å². The number of halogens is 1. The zero-order valence-electron chi connectivity index (χ0n) is 16.5. The molecule has 0 saturated heterocycles. The fourth-order valence-corrected chi connectivity index (χ4v) is 4.13. The maximum absolute atomic E-state index is 13.8. The molecule has 0 aliphatic carbocycles. The van der Waals surface area contributed by atoms with Crippen LogP contribution in [0, 0.1) is 5.82 Å². The summed E-state index contributed by atoms with van der Waals surface area (Å²) in [5.74, 6) is -0.0926. The van der Waals surface area contributed by atoms with Crippen LogP contribution in [0.1, 0.15) is 20.8 Å². The summed E-state index contributed by atoms with van der Waals surface area (Å²) in [5, 5.41) is 0.667. The first-order chi connectivity index (χ1) is 15.0.